The highest BCUT2D eigenvalue weighted by atomic mass is 16.3. The van der Waals surface area contributed by atoms with Crippen LogP contribution in [0.5, 0.6) is 5.75 Å². The van der Waals surface area contributed by atoms with Gasteiger partial charge in [-0.1, -0.05) is 24.3 Å². The molecule has 0 radical (unpaired) electrons. The normalized spacial score (nSPS) is 10.3. The lowest BCUT2D eigenvalue weighted by Gasteiger charge is -2.11. The first kappa shape index (κ1) is 13.9. The molecule has 4 nitrogen and oxygen atoms in total. The topological polar surface area (TPSA) is 75.3 Å². The third-order valence-electron chi connectivity index (χ3n) is 3.23. The molecule has 0 atom stereocenters. The molecule has 0 unspecified atom stereocenters. The van der Waals surface area contributed by atoms with Gasteiger partial charge in [-0.05, 0) is 37.1 Å². The van der Waals surface area contributed by atoms with Gasteiger partial charge in [-0.2, -0.15) is 0 Å². The number of anilines is 2. The summed E-state index contributed by atoms with van der Waals surface area (Å²) in [5.74, 6) is -0.0550. The van der Waals surface area contributed by atoms with E-state index < -0.39 is 0 Å². The molecule has 0 spiro atoms. The van der Waals surface area contributed by atoms with Crippen molar-refractivity contribution in [2.24, 2.45) is 0 Å². The molecule has 4 N–H and O–H groups in total. The molecule has 0 saturated heterocycles. The van der Waals surface area contributed by atoms with E-state index in [4.69, 9.17) is 5.73 Å². The summed E-state index contributed by atoms with van der Waals surface area (Å²) in [6, 6.07) is 10.5. The summed E-state index contributed by atoms with van der Waals surface area (Å²) in [5.41, 5.74) is 9.75. The molecule has 0 bridgehead atoms. The molecule has 2 rings (SSSR count). The fourth-order valence-corrected chi connectivity index (χ4v) is 2.03. The number of benzene rings is 2. The van der Waals surface area contributed by atoms with Crippen molar-refractivity contribution in [3.63, 3.8) is 0 Å². The van der Waals surface area contributed by atoms with E-state index in [1.807, 2.05) is 19.9 Å². The van der Waals surface area contributed by atoms with Crippen LogP contribution in [0.2, 0.25) is 0 Å². The van der Waals surface area contributed by atoms with Crippen LogP contribution in [-0.4, -0.2) is 11.0 Å². The molecular weight excluding hydrogens is 252 g/mol. The van der Waals surface area contributed by atoms with Crippen LogP contribution in [0.4, 0.5) is 11.4 Å². The smallest absolute Gasteiger partial charge is 0.228 e. The highest BCUT2D eigenvalue weighted by Gasteiger charge is 2.09. The SMILES string of the molecule is Cc1cc(C)c(NC(=O)Cc2ccccc2O)cc1N. The number of nitrogens with two attached hydrogens (primary N) is 1. The molecule has 2 aromatic carbocycles. The van der Waals surface area contributed by atoms with Crippen LogP contribution < -0.4 is 11.1 Å². The van der Waals surface area contributed by atoms with Gasteiger partial charge < -0.3 is 16.2 Å². The first-order valence-electron chi connectivity index (χ1n) is 6.41. The zero-order valence-corrected chi connectivity index (χ0v) is 11.6. The number of nitrogens with one attached hydrogen (secondary N) is 1. The van der Waals surface area contributed by atoms with Crippen molar-refractivity contribution in [2.45, 2.75) is 20.3 Å². The molecule has 0 heterocycles. The Morgan fingerprint density at radius 3 is 2.60 bits per heavy atom. The van der Waals surface area contributed by atoms with Crippen molar-refractivity contribution in [3.05, 3.63) is 53.1 Å². The zero-order chi connectivity index (χ0) is 14.7. The predicted octanol–water partition coefficient (Wildman–Crippen LogP) is 2.77. The second-order valence-corrected chi connectivity index (χ2v) is 4.88. The Bertz CT molecular complexity index is 651. The molecule has 4 heteroatoms. The highest BCUT2D eigenvalue weighted by molar-refractivity contribution is 5.93. The Kier molecular flexibility index (Phi) is 3.94. The Hall–Kier alpha value is -2.49. The van der Waals surface area contributed by atoms with Crippen molar-refractivity contribution in [3.8, 4) is 5.75 Å². The van der Waals surface area contributed by atoms with Crippen molar-refractivity contribution >= 4 is 17.3 Å². The van der Waals surface area contributed by atoms with Gasteiger partial charge in [-0.15, -0.1) is 0 Å². The molecule has 104 valence electrons. The summed E-state index contributed by atoms with van der Waals surface area (Å²) in [6.45, 7) is 3.85. The van der Waals surface area contributed by atoms with Gasteiger partial charge in [0, 0.05) is 16.9 Å². The van der Waals surface area contributed by atoms with Crippen molar-refractivity contribution in [1.29, 1.82) is 0 Å². The maximum absolute atomic E-state index is 12.0. The van der Waals surface area contributed by atoms with Gasteiger partial charge in [-0.25, -0.2) is 0 Å². The number of hydrogen-bond acceptors (Lipinski definition) is 3. The number of carbonyl (C=O) groups excluding carboxylic acids is 1. The number of para-hydroxylation sites is 1. The molecule has 0 saturated carbocycles. The van der Waals surface area contributed by atoms with E-state index in [-0.39, 0.29) is 18.1 Å². The third kappa shape index (κ3) is 3.09. The molecule has 0 aliphatic rings. The van der Waals surface area contributed by atoms with Crippen molar-refractivity contribution in [1.82, 2.24) is 0 Å². The first-order chi connectivity index (χ1) is 9.47. The lowest BCUT2D eigenvalue weighted by molar-refractivity contribution is -0.115. The third-order valence-corrected chi connectivity index (χ3v) is 3.23. The number of hydrogen-bond donors (Lipinski definition) is 3. The maximum Gasteiger partial charge on any atom is 0.228 e. The van der Waals surface area contributed by atoms with E-state index in [0.29, 0.717) is 16.9 Å². The van der Waals surface area contributed by atoms with E-state index in [0.717, 1.165) is 11.1 Å². The van der Waals surface area contributed by atoms with Crippen LogP contribution in [0.25, 0.3) is 0 Å². The Balaban J connectivity index is 2.13. The molecule has 0 fully saturated rings. The van der Waals surface area contributed by atoms with Gasteiger partial charge in [0.15, 0.2) is 0 Å². The average Bonchev–Trinajstić information content (AvgIpc) is 2.39. The minimum Gasteiger partial charge on any atom is -0.508 e. The van der Waals surface area contributed by atoms with E-state index in [1.165, 1.54) is 0 Å². The molecule has 0 aliphatic heterocycles. The van der Waals surface area contributed by atoms with Gasteiger partial charge in [-0.3, -0.25) is 4.79 Å². The van der Waals surface area contributed by atoms with Crippen LogP contribution in [-0.2, 0) is 11.2 Å². The second kappa shape index (κ2) is 5.65. The summed E-state index contributed by atoms with van der Waals surface area (Å²) < 4.78 is 0. The zero-order valence-electron chi connectivity index (χ0n) is 11.6. The summed E-state index contributed by atoms with van der Waals surface area (Å²) in [5, 5.41) is 12.5. The number of aryl methyl sites for hydroxylation is 2. The fourth-order valence-electron chi connectivity index (χ4n) is 2.03. The summed E-state index contributed by atoms with van der Waals surface area (Å²) >= 11 is 0. The van der Waals surface area contributed by atoms with Gasteiger partial charge in [0.25, 0.3) is 0 Å². The predicted molar refractivity (Wildman–Crippen MR) is 80.8 cm³/mol. The highest BCUT2D eigenvalue weighted by Crippen LogP contribution is 2.23. The van der Waals surface area contributed by atoms with Gasteiger partial charge in [0.1, 0.15) is 5.75 Å². The van der Waals surface area contributed by atoms with Crippen LogP contribution in [0.3, 0.4) is 0 Å². The quantitative estimate of drug-likeness (QED) is 0.751. The lowest BCUT2D eigenvalue weighted by atomic mass is 10.1. The molecule has 2 aromatic rings. The van der Waals surface area contributed by atoms with E-state index in [9.17, 15) is 9.90 Å². The maximum atomic E-state index is 12.0. The minimum atomic E-state index is -0.183. The second-order valence-electron chi connectivity index (χ2n) is 4.88. The Morgan fingerprint density at radius 2 is 1.90 bits per heavy atom. The van der Waals surface area contributed by atoms with Crippen molar-refractivity contribution in [2.75, 3.05) is 11.1 Å². The number of amides is 1. The Morgan fingerprint density at radius 1 is 1.20 bits per heavy atom. The summed E-state index contributed by atoms with van der Waals surface area (Å²) in [4.78, 5) is 12.0. The number of carbonyl (C=O) groups is 1. The molecule has 20 heavy (non-hydrogen) atoms. The van der Waals surface area contributed by atoms with E-state index >= 15 is 0 Å². The summed E-state index contributed by atoms with van der Waals surface area (Å²) in [7, 11) is 0. The van der Waals surface area contributed by atoms with Crippen LogP contribution in [0, 0.1) is 13.8 Å². The van der Waals surface area contributed by atoms with Gasteiger partial charge in [0.05, 0.1) is 6.42 Å². The monoisotopic (exact) mass is 270 g/mol. The number of phenols is 1. The van der Waals surface area contributed by atoms with Gasteiger partial charge >= 0.3 is 0 Å². The molecular formula is C16H18N2O2. The molecule has 0 aliphatic carbocycles. The number of rotatable bonds is 3. The summed E-state index contributed by atoms with van der Waals surface area (Å²) in [6.07, 6.45) is 0.125. The van der Waals surface area contributed by atoms with Crippen LogP contribution in [0.15, 0.2) is 36.4 Å². The number of nitrogen functional groups attached to an aromatic ring is 1. The number of phenolic OH excluding ortho intramolecular Hbond substituents is 1. The standard InChI is InChI=1S/C16H18N2O2/c1-10-7-11(2)14(9-13(10)17)18-16(20)8-12-5-3-4-6-15(12)19/h3-7,9,19H,8,17H2,1-2H3,(H,18,20). The van der Waals surface area contributed by atoms with E-state index in [2.05, 4.69) is 5.32 Å². The first-order valence-corrected chi connectivity index (χ1v) is 6.41. The molecule has 0 aromatic heterocycles. The van der Waals surface area contributed by atoms with Crippen LogP contribution in [0.1, 0.15) is 16.7 Å². The molecule has 1 amide bonds. The van der Waals surface area contributed by atoms with Crippen LogP contribution >= 0.6 is 0 Å². The Labute approximate surface area is 118 Å². The van der Waals surface area contributed by atoms with Gasteiger partial charge in [0.2, 0.25) is 5.91 Å². The van der Waals surface area contributed by atoms with Crippen molar-refractivity contribution < 1.29 is 9.90 Å². The van der Waals surface area contributed by atoms with E-state index in [1.54, 1.807) is 30.3 Å². The fraction of sp³-hybridized carbons (Fsp3) is 0.188. The average molecular weight is 270 g/mol. The minimum absolute atomic E-state index is 0.125. The number of aromatic hydroxyl groups is 1. The lowest BCUT2D eigenvalue weighted by Crippen LogP contribution is -2.15. The largest absolute Gasteiger partial charge is 0.508 e.